The molecule has 5 nitrogen and oxygen atoms in total. The van der Waals surface area contributed by atoms with Crippen molar-refractivity contribution < 1.29 is 4.79 Å². The van der Waals surface area contributed by atoms with Crippen LogP contribution in [-0.4, -0.2) is 20.7 Å². The fourth-order valence-corrected chi connectivity index (χ4v) is 2.38. The van der Waals surface area contributed by atoms with Gasteiger partial charge in [-0.3, -0.25) is 4.79 Å². The minimum Gasteiger partial charge on any atom is -0.323 e. The Morgan fingerprint density at radius 2 is 2.35 bits per heavy atom. The molecule has 0 spiro atoms. The minimum atomic E-state index is 0.0166. The summed E-state index contributed by atoms with van der Waals surface area (Å²) in [7, 11) is 0. The molecule has 102 valence electrons. The van der Waals surface area contributed by atoms with Crippen molar-refractivity contribution in [1.29, 1.82) is 0 Å². The lowest BCUT2D eigenvalue weighted by molar-refractivity contribution is -0.116. The molecule has 0 aliphatic heterocycles. The van der Waals surface area contributed by atoms with Crippen LogP contribution in [0.5, 0.6) is 0 Å². The number of rotatable bonds is 4. The van der Waals surface area contributed by atoms with Gasteiger partial charge in [0.05, 0.1) is 5.69 Å². The van der Waals surface area contributed by atoms with Crippen LogP contribution in [0.1, 0.15) is 19.3 Å². The Kier molecular flexibility index (Phi) is 3.58. The molecule has 1 atom stereocenters. The van der Waals surface area contributed by atoms with Crippen LogP contribution < -0.4 is 5.32 Å². The molecular weight excluding hydrogens is 252 g/mol. The maximum absolute atomic E-state index is 12.1. The molecule has 1 N–H and O–H groups in total. The largest absolute Gasteiger partial charge is 0.323 e. The molecule has 0 fully saturated rings. The average Bonchev–Trinajstić information content (AvgIpc) is 3.11. The lowest BCUT2D eigenvalue weighted by Gasteiger charge is -2.11. The molecule has 0 bridgehead atoms. The number of hydrogen-bond acceptors (Lipinski definition) is 3. The van der Waals surface area contributed by atoms with Gasteiger partial charge in [-0.25, -0.2) is 9.67 Å². The van der Waals surface area contributed by atoms with E-state index in [0.717, 1.165) is 12.8 Å². The summed E-state index contributed by atoms with van der Waals surface area (Å²) in [5.74, 6) is 1.01. The summed E-state index contributed by atoms with van der Waals surface area (Å²) in [6.07, 6.45) is 12.1. The Hall–Kier alpha value is -2.43. The van der Waals surface area contributed by atoms with E-state index in [1.54, 1.807) is 29.3 Å². The molecule has 2 heterocycles. The molecule has 20 heavy (non-hydrogen) atoms. The van der Waals surface area contributed by atoms with E-state index >= 15 is 0 Å². The molecule has 0 saturated carbocycles. The molecule has 1 aliphatic carbocycles. The van der Waals surface area contributed by atoms with Crippen LogP contribution in [0.15, 0.2) is 48.9 Å². The second kappa shape index (κ2) is 5.69. The third-order valence-corrected chi connectivity index (χ3v) is 3.34. The van der Waals surface area contributed by atoms with Gasteiger partial charge in [-0.05, 0) is 37.0 Å². The number of anilines is 1. The highest BCUT2D eigenvalue weighted by molar-refractivity contribution is 5.92. The van der Waals surface area contributed by atoms with Gasteiger partial charge in [0.25, 0.3) is 0 Å². The Morgan fingerprint density at radius 3 is 3.10 bits per heavy atom. The summed E-state index contributed by atoms with van der Waals surface area (Å²) >= 11 is 0. The van der Waals surface area contributed by atoms with Crippen LogP contribution >= 0.6 is 0 Å². The van der Waals surface area contributed by atoms with E-state index in [-0.39, 0.29) is 5.91 Å². The SMILES string of the molecule is O=C(C[C@@H]1C=CCC1)Nc1cccnc1-n1cccn1. The summed E-state index contributed by atoms with van der Waals surface area (Å²) in [5.41, 5.74) is 0.683. The van der Waals surface area contributed by atoms with Crippen LogP contribution in [0.4, 0.5) is 5.69 Å². The van der Waals surface area contributed by atoms with Crippen molar-refractivity contribution >= 4 is 11.6 Å². The van der Waals surface area contributed by atoms with Crippen LogP contribution in [0.3, 0.4) is 0 Å². The fourth-order valence-electron chi connectivity index (χ4n) is 2.38. The highest BCUT2D eigenvalue weighted by atomic mass is 16.1. The standard InChI is InChI=1S/C15H16N4O/c20-14(11-12-5-1-2-6-12)18-13-7-3-8-16-15(13)19-10-4-9-17-19/h1,3-5,7-10,12H,2,6,11H2,(H,18,20)/t12-/m1/s1. The second-order valence-electron chi connectivity index (χ2n) is 4.84. The monoisotopic (exact) mass is 268 g/mol. The zero-order valence-electron chi connectivity index (χ0n) is 11.1. The van der Waals surface area contributed by atoms with Gasteiger partial charge in [-0.15, -0.1) is 0 Å². The summed E-state index contributed by atoms with van der Waals surface area (Å²) < 4.78 is 1.64. The maximum atomic E-state index is 12.1. The van der Waals surface area contributed by atoms with Gasteiger partial charge in [0.1, 0.15) is 0 Å². The van der Waals surface area contributed by atoms with E-state index < -0.39 is 0 Å². The Bertz CT molecular complexity index is 619. The Balaban J connectivity index is 1.74. The van der Waals surface area contributed by atoms with Crippen LogP contribution in [-0.2, 0) is 4.79 Å². The zero-order valence-corrected chi connectivity index (χ0v) is 11.1. The maximum Gasteiger partial charge on any atom is 0.225 e. The van der Waals surface area contributed by atoms with Crippen molar-refractivity contribution in [2.24, 2.45) is 5.92 Å². The molecule has 2 aromatic heterocycles. The van der Waals surface area contributed by atoms with Crippen LogP contribution in [0.25, 0.3) is 5.82 Å². The number of carbonyl (C=O) groups is 1. The second-order valence-corrected chi connectivity index (χ2v) is 4.84. The summed E-state index contributed by atoms with van der Waals surface area (Å²) in [5, 5.41) is 7.08. The lowest BCUT2D eigenvalue weighted by atomic mass is 10.1. The van der Waals surface area contributed by atoms with Gasteiger partial charge in [0.2, 0.25) is 5.91 Å². The number of amides is 1. The predicted octanol–water partition coefficient (Wildman–Crippen LogP) is 2.56. The third kappa shape index (κ3) is 2.77. The van der Waals surface area contributed by atoms with Crippen molar-refractivity contribution in [1.82, 2.24) is 14.8 Å². The number of nitrogens with one attached hydrogen (secondary N) is 1. The van der Waals surface area contributed by atoms with Gasteiger partial charge in [-0.2, -0.15) is 5.10 Å². The molecule has 0 aromatic carbocycles. The van der Waals surface area contributed by atoms with Crippen LogP contribution in [0.2, 0.25) is 0 Å². The van der Waals surface area contributed by atoms with E-state index in [2.05, 4.69) is 27.6 Å². The van der Waals surface area contributed by atoms with Gasteiger partial charge in [0.15, 0.2) is 5.82 Å². The number of hydrogen-bond donors (Lipinski definition) is 1. The third-order valence-electron chi connectivity index (χ3n) is 3.34. The quantitative estimate of drug-likeness (QED) is 0.867. The highest BCUT2D eigenvalue weighted by Crippen LogP contribution is 2.22. The number of pyridine rings is 1. The van der Waals surface area contributed by atoms with Gasteiger partial charge in [-0.1, -0.05) is 12.2 Å². The van der Waals surface area contributed by atoms with Crippen LogP contribution in [0, 0.1) is 5.92 Å². The topological polar surface area (TPSA) is 59.8 Å². The normalized spacial score (nSPS) is 17.3. The van der Waals surface area contributed by atoms with E-state index in [1.807, 2.05) is 12.1 Å². The first-order valence-electron chi connectivity index (χ1n) is 6.74. The van der Waals surface area contributed by atoms with Crippen molar-refractivity contribution in [2.75, 3.05) is 5.32 Å². The number of aromatic nitrogens is 3. The first kappa shape index (κ1) is 12.6. The van der Waals surface area contributed by atoms with Gasteiger partial charge >= 0.3 is 0 Å². The van der Waals surface area contributed by atoms with Gasteiger partial charge < -0.3 is 5.32 Å². The lowest BCUT2D eigenvalue weighted by Crippen LogP contribution is -2.16. The Labute approximate surface area is 117 Å². The van der Waals surface area contributed by atoms with Crippen molar-refractivity contribution in [3.63, 3.8) is 0 Å². The zero-order chi connectivity index (χ0) is 13.8. The first-order chi connectivity index (χ1) is 9.83. The number of nitrogens with zero attached hydrogens (tertiary/aromatic N) is 3. The fraction of sp³-hybridized carbons (Fsp3) is 0.267. The number of allylic oxidation sites excluding steroid dienone is 2. The smallest absolute Gasteiger partial charge is 0.225 e. The molecule has 0 radical (unpaired) electrons. The summed E-state index contributed by atoms with van der Waals surface area (Å²) in [6.45, 7) is 0. The van der Waals surface area contributed by atoms with Crippen molar-refractivity contribution in [2.45, 2.75) is 19.3 Å². The van der Waals surface area contributed by atoms with E-state index in [4.69, 9.17) is 0 Å². The molecule has 5 heteroatoms. The average molecular weight is 268 g/mol. The Morgan fingerprint density at radius 1 is 1.40 bits per heavy atom. The van der Waals surface area contributed by atoms with E-state index in [0.29, 0.717) is 23.8 Å². The molecule has 3 rings (SSSR count). The van der Waals surface area contributed by atoms with Gasteiger partial charge in [0, 0.05) is 25.0 Å². The molecule has 2 aromatic rings. The summed E-state index contributed by atoms with van der Waals surface area (Å²) in [6, 6.07) is 5.47. The van der Waals surface area contributed by atoms with E-state index in [9.17, 15) is 4.79 Å². The molecule has 1 amide bonds. The molecular formula is C15H16N4O. The first-order valence-corrected chi connectivity index (χ1v) is 6.74. The molecule has 0 unspecified atom stereocenters. The summed E-state index contributed by atoms with van der Waals surface area (Å²) in [4.78, 5) is 16.4. The van der Waals surface area contributed by atoms with Crippen molar-refractivity contribution in [3.05, 3.63) is 48.9 Å². The van der Waals surface area contributed by atoms with E-state index in [1.165, 1.54) is 0 Å². The highest BCUT2D eigenvalue weighted by Gasteiger charge is 2.15. The number of carbonyl (C=O) groups excluding carboxylic acids is 1. The minimum absolute atomic E-state index is 0.0166. The molecule has 1 aliphatic rings. The van der Waals surface area contributed by atoms with Crippen molar-refractivity contribution in [3.8, 4) is 5.82 Å². The molecule has 0 saturated heterocycles. The predicted molar refractivity (Wildman–Crippen MR) is 76.5 cm³/mol.